The first-order chi connectivity index (χ1) is 13.2. The van der Waals surface area contributed by atoms with Crippen molar-refractivity contribution in [2.24, 2.45) is 0 Å². The van der Waals surface area contributed by atoms with E-state index >= 15 is 0 Å². The van der Waals surface area contributed by atoms with Crippen molar-refractivity contribution in [2.45, 2.75) is 13.1 Å². The predicted octanol–water partition coefficient (Wildman–Crippen LogP) is 3.87. The van der Waals surface area contributed by atoms with Crippen LogP contribution in [0.5, 0.6) is 11.5 Å². The highest BCUT2D eigenvalue weighted by Gasteiger charge is 2.19. The maximum atomic E-state index is 10.4. The summed E-state index contributed by atoms with van der Waals surface area (Å²) >= 11 is 0. The minimum atomic E-state index is 0.398. The van der Waals surface area contributed by atoms with Gasteiger partial charge in [0.05, 0.1) is 7.11 Å². The SMILES string of the molecule is COc1ccc(CN2CCN(Cc3c(O)ccc4ccccc34)CC2)cc1. The van der Waals surface area contributed by atoms with Gasteiger partial charge in [-0.3, -0.25) is 9.80 Å². The summed E-state index contributed by atoms with van der Waals surface area (Å²) in [5.74, 6) is 1.30. The molecule has 140 valence electrons. The van der Waals surface area contributed by atoms with Crippen LogP contribution in [0.3, 0.4) is 0 Å². The zero-order chi connectivity index (χ0) is 18.6. The lowest BCUT2D eigenvalue weighted by Crippen LogP contribution is -2.45. The molecule has 4 nitrogen and oxygen atoms in total. The van der Waals surface area contributed by atoms with E-state index in [-0.39, 0.29) is 0 Å². The van der Waals surface area contributed by atoms with Gasteiger partial charge in [-0.2, -0.15) is 0 Å². The van der Waals surface area contributed by atoms with Gasteiger partial charge < -0.3 is 9.84 Å². The molecule has 0 saturated carbocycles. The second-order valence-electron chi connectivity index (χ2n) is 7.18. The highest BCUT2D eigenvalue weighted by Crippen LogP contribution is 2.28. The summed E-state index contributed by atoms with van der Waals surface area (Å²) in [5, 5.41) is 12.7. The third-order valence-electron chi connectivity index (χ3n) is 5.43. The van der Waals surface area contributed by atoms with E-state index in [4.69, 9.17) is 4.74 Å². The quantitative estimate of drug-likeness (QED) is 0.747. The zero-order valence-electron chi connectivity index (χ0n) is 15.8. The van der Waals surface area contributed by atoms with Gasteiger partial charge in [-0.25, -0.2) is 0 Å². The van der Waals surface area contributed by atoms with Crippen molar-refractivity contribution in [3.05, 3.63) is 71.8 Å². The fourth-order valence-corrected chi connectivity index (χ4v) is 3.81. The second kappa shape index (κ2) is 7.99. The van der Waals surface area contributed by atoms with E-state index in [2.05, 4.69) is 34.1 Å². The predicted molar refractivity (Wildman–Crippen MR) is 109 cm³/mol. The summed E-state index contributed by atoms with van der Waals surface area (Å²) < 4.78 is 5.23. The first-order valence-electron chi connectivity index (χ1n) is 9.50. The lowest BCUT2D eigenvalue weighted by Gasteiger charge is -2.35. The summed E-state index contributed by atoms with van der Waals surface area (Å²) in [5.41, 5.74) is 2.35. The van der Waals surface area contributed by atoms with Crippen LogP contribution in [0, 0.1) is 0 Å². The van der Waals surface area contributed by atoms with Gasteiger partial charge in [0.25, 0.3) is 0 Å². The number of benzene rings is 3. The average molecular weight is 362 g/mol. The van der Waals surface area contributed by atoms with Gasteiger partial charge in [0.15, 0.2) is 0 Å². The molecule has 3 aromatic rings. The molecule has 0 unspecified atom stereocenters. The molecule has 0 aliphatic carbocycles. The Bertz CT molecular complexity index is 900. The van der Waals surface area contributed by atoms with Gasteiger partial charge in [0, 0.05) is 44.8 Å². The second-order valence-corrected chi connectivity index (χ2v) is 7.18. The minimum absolute atomic E-state index is 0.398. The van der Waals surface area contributed by atoms with Crippen LogP contribution in [0.1, 0.15) is 11.1 Å². The van der Waals surface area contributed by atoms with Crippen LogP contribution in [0.15, 0.2) is 60.7 Å². The van der Waals surface area contributed by atoms with Crippen LogP contribution >= 0.6 is 0 Å². The summed E-state index contributed by atoms with van der Waals surface area (Å²) in [7, 11) is 1.70. The molecule has 1 aliphatic rings. The van der Waals surface area contributed by atoms with Crippen LogP contribution in [0.4, 0.5) is 0 Å². The van der Waals surface area contributed by atoms with Crippen molar-refractivity contribution in [1.82, 2.24) is 9.80 Å². The largest absolute Gasteiger partial charge is 0.508 e. The lowest BCUT2D eigenvalue weighted by molar-refractivity contribution is 0.121. The molecule has 0 amide bonds. The Morgan fingerprint density at radius 3 is 2.19 bits per heavy atom. The molecule has 0 bridgehead atoms. The van der Waals surface area contributed by atoms with Crippen LogP contribution in [0.25, 0.3) is 10.8 Å². The smallest absolute Gasteiger partial charge is 0.120 e. The topological polar surface area (TPSA) is 35.9 Å². The van der Waals surface area contributed by atoms with E-state index in [0.717, 1.165) is 56.0 Å². The van der Waals surface area contributed by atoms with Gasteiger partial charge >= 0.3 is 0 Å². The third-order valence-corrected chi connectivity index (χ3v) is 5.43. The van der Waals surface area contributed by atoms with Crippen LogP contribution in [0.2, 0.25) is 0 Å². The molecule has 0 spiro atoms. The molecule has 1 heterocycles. The van der Waals surface area contributed by atoms with Crippen molar-refractivity contribution in [1.29, 1.82) is 0 Å². The average Bonchev–Trinajstić information content (AvgIpc) is 2.72. The zero-order valence-corrected chi connectivity index (χ0v) is 15.8. The number of fused-ring (bicyclic) bond motifs is 1. The van der Waals surface area contributed by atoms with Gasteiger partial charge in [-0.05, 0) is 34.5 Å². The number of rotatable bonds is 5. The molecular weight excluding hydrogens is 336 g/mol. The fraction of sp³-hybridized carbons (Fsp3) is 0.304. The summed E-state index contributed by atoms with van der Waals surface area (Å²) in [6, 6.07) is 20.4. The van der Waals surface area contributed by atoms with Crippen molar-refractivity contribution < 1.29 is 9.84 Å². The van der Waals surface area contributed by atoms with E-state index < -0.39 is 0 Å². The molecule has 0 radical (unpaired) electrons. The summed E-state index contributed by atoms with van der Waals surface area (Å²) in [4.78, 5) is 4.92. The van der Waals surface area contributed by atoms with Crippen molar-refractivity contribution >= 4 is 10.8 Å². The normalized spacial score (nSPS) is 15.9. The molecule has 1 N–H and O–H groups in total. The Hall–Kier alpha value is -2.56. The highest BCUT2D eigenvalue weighted by atomic mass is 16.5. The lowest BCUT2D eigenvalue weighted by atomic mass is 10.0. The molecular formula is C23H26N2O2. The molecule has 27 heavy (non-hydrogen) atoms. The first-order valence-corrected chi connectivity index (χ1v) is 9.50. The summed E-state index contributed by atoms with van der Waals surface area (Å²) in [6.45, 7) is 5.87. The van der Waals surface area contributed by atoms with Crippen LogP contribution < -0.4 is 4.74 Å². The van der Waals surface area contributed by atoms with E-state index in [1.165, 1.54) is 10.9 Å². The van der Waals surface area contributed by atoms with Crippen molar-refractivity contribution in [3.8, 4) is 11.5 Å². The Morgan fingerprint density at radius 1 is 0.815 bits per heavy atom. The van der Waals surface area contributed by atoms with Gasteiger partial charge in [0.2, 0.25) is 0 Å². The fourth-order valence-electron chi connectivity index (χ4n) is 3.81. The standard InChI is InChI=1S/C23H26N2O2/c1-27-20-9-6-18(7-10-20)16-24-12-14-25(15-13-24)17-22-21-5-3-2-4-19(21)8-11-23(22)26/h2-11,26H,12-17H2,1H3. The van der Waals surface area contributed by atoms with E-state index in [9.17, 15) is 5.11 Å². The number of phenolic OH excluding ortho intramolecular Hbond substituents is 1. The number of phenols is 1. The first kappa shape index (κ1) is 17.8. The molecule has 4 rings (SSSR count). The Balaban J connectivity index is 1.38. The molecule has 0 atom stereocenters. The Labute approximate surface area is 160 Å². The number of methoxy groups -OCH3 is 1. The molecule has 1 aliphatic heterocycles. The van der Waals surface area contributed by atoms with Gasteiger partial charge in [-0.1, -0.05) is 42.5 Å². The number of hydrogen-bond donors (Lipinski definition) is 1. The van der Waals surface area contributed by atoms with Gasteiger partial charge in [-0.15, -0.1) is 0 Å². The van der Waals surface area contributed by atoms with Crippen LogP contribution in [-0.2, 0) is 13.1 Å². The molecule has 0 aromatic heterocycles. The number of ether oxygens (including phenoxy) is 1. The number of aromatic hydroxyl groups is 1. The number of hydrogen-bond acceptors (Lipinski definition) is 4. The number of piperazine rings is 1. The van der Waals surface area contributed by atoms with E-state index in [1.807, 2.05) is 36.4 Å². The Kier molecular flexibility index (Phi) is 5.28. The molecule has 1 saturated heterocycles. The Morgan fingerprint density at radius 2 is 1.48 bits per heavy atom. The van der Waals surface area contributed by atoms with E-state index in [0.29, 0.717) is 5.75 Å². The minimum Gasteiger partial charge on any atom is -0.508 e. The van der Waals surface area contributed by atoms with Crippen molar-refractivity contribution in [3.63, 3.8) is 0 Å². The van der Waals surface area contributed by atoms with Crippen LogP contribution in [-0.4, -0.2) is 48.2 Å². The monoisotopic (exact) mass is 362 g/mol. The highest BCUT2D eigenvalue weighted by molar-refractivity contribution is 5.87. The van der Waals surface area contributed by atoms with Crippen molar-refractivity contribution in [2.75, 3.05) is 33.3 Å². The molecule has 3 aromatic carbocycles. The maximum absolute atomic E-state index is 10.4. The summed E-state index contributed by atoms with van der Waals surface area (Å²) in [6.07, 6.45) is 0. The van der Waals surface area contributed by atoms with E-state index in [1.54, 1.807) is 7.11 Å². The molecule has 1 fully saturated rings. The molecule has 4 heteroatoms. The maximum Gasteiger partial charge on any atom is 0.120 e. The number of nitrogens with zero attached hydrogens (tertiary/aromatic N) is 2. The third kappa shape index (κ3) is 4.07. The van der Waals surface area contributed by atoms with Gasteiger partial charge in [0.1, 0.15) is 11.5 Å².